The van der Waals surface area contributed by atoms with E-state index in [1.54, 1.807) is 60.8 Å². The Morgan fingerprint density at radius 3 is 2.68 bits per heavy atom. The maximum Gasteiger partial charge on any atom is 0.347 e. The zero-order chi connectivity index (χ0) is 17.2. The number of nitrogens with one attached hydrogen (secondary N) is 1. The number of carbonyl (C=O) groups is 1. The second kappa shape index (κ2) is 6.29. The molecular weight excluding hydrogens is 338 g/mol. The van der Waals surface area contributed by atoms with Crippen molar-refractivity contribution in [2.45, 2.75) is 0 Å². The first kappa shape index (κ1) is 15.2. The highest BCUT2D eigenvalue weighted by molar-refractivity contribution is 7.08. The number of hydrogen-bond donors (Lipinski definition) is 1. The second-order valence-electron chi connectivity index (χ2n) is 5.20. The molecule has 4 rings (SSSR count). The van der Waals surface area contributed by atoms with Crippen molar-refractivity contribution in [2.24, 2.45) is 0 Å². The number of para-hydroxylation sites is 2. The second-order valence-corrected chi connectivity index (χ2v) is 6.03. The predicted molar refractivity (Wildman–Crippen MR) is 95.8 cm³/mol. The quantitative estimate of drug-likeness (QED) is 0.611. The van der Waals surface area contributed by atoms with Gasteiger partial charge in [-0.2, -0.15) is 0 Å². The Labute approximate surface area is 145 Å². The highest BCUT2D eigenvalue weighted by atomic mass is 32.1. The van der Waals surface area contributed by atoms with Crippen LogP contribution >= 0.6 is 11.5 Å². The van der Waals surface area contributed by atoms with Crippen LogP contribution in [0.4, 0.5) is 5.69 Å². The summed E-state index contributed by atoms with van der Waals surface area (Å²) in [5.41, 5.74) is 1.11. The zero-order valence-electron chi connectivity index (χ0n) is 12.8. The van der Waals surface area contributed by atoms with E-state index in [1.165, 1.54) is 0 Å². The van der Waals surface area contributed by atoms with Gasteiger partial charge in [0.15, 0.2) is 0 Å². The van der Waals surface area contributed by atoms with Gasteiger partial charge in [0.2, 0.25) is 5.89 Å². The third kappa shape index (κ3) is 2.92. The van der Waals surface area contributed by atoms with Crippen LogP contribution in [0, 0.1) is 0 Å². The van der Waals surface area contributed by atoms with Crippen molar-refractivity contribution in [3.8, 4) is 11.5 Å². The average Bonchev–Trinajstić information content (AvgIpc) is 3.17. The van der Waals surface area contributed by atoms with E-state index in [9.17, 15) is 9.59 Å². The molecule has 0 bridgehead atoms. The molecule has 0 atom stereocenters. The third-order valence-corrected chi connectivity index (χ3v) is 4.35. The van der Waals surface area contributed by atoms with Gasteiger partial charge >= 0.3 is 5.63 Å². The van der Waals surface area contributed by atoms with E-state index >= 15 is 0 Å². The number of carbonyl (C=O) groups excluding carboxylic acids is 1. The molecule has 2 aromatic heterocycles. The van der Waals surface area contributed by atoms with Crippen molar-refractivity contribution in [2.75, 3.05) is 5.32 Å². The largest absolute Gasteiger partial charge is 0.403 e. The van der Waals surface area contributed by atoms with Crippen LogP contribution in [0.2, 0.25) is 0 Å². The lowest BCUT2D eigenvalue weighted by molar-refractivity contribution is 0.103. The van der Waals surface area contributed by atoms with E-state index in [2.05, 4.69) is 14.7 Å². The standard InChI is InChI=1S/C18H11N3O3S/c22-16(15-9-10-19-25-15)20-13-7-3-1-5-11(13)17-21-14-8-4-2-6-12(14)18(23)24-17/h1-10H,(H,20,22). The van der Waals surface area contributed by atoms with Gasteiger partial charge in [-0.25, -0.2) is 14.2 Å². The number of hydrogen-bond acceptors (Lipinski definition) is 6. The van der Waals surface area contributed by atoms with Gasteiger partial charge < -0.3 is 9.73 Å². The first-order valence-corrected chi connectivity index (χ1v) is 8.21. The first-order chi connectivity index (χ1) is 12.2. The lowest BCUT2D eigenvalue weighted by atomic mass is 10.1. The highest BCUT2D eigenvalue weighted by Gasteiger charge is 2.15. The molecule has 0 saturated heterocycles. The van der Waals surface area contributed by atoms with Crippen LogP contribution in [-0.4, -0.2) is 15.3 Å². The number of nitrogens with zero attached hydrogens (tertiary/aromatic N) is 2. The SMILES string of the molecule is O=C(Nc1ccccc1-c1nc2ccccc2c(=O)o1)c1ccns1. The van der Waals surface area contributed by atoms with Crippen molar-refractivity contribution in [3.63, 3.8) is 0 Å². The molecule has 0 saturated carbocycles. The molecule has 7 heteroatoms. The minimum atomic E-state index is -0.468. The summed E-state index contributed by atoms with van der Waals surface area (Å²) in [6.07, 6.45) is 1.56. The summed E-state index contributed by atoms with van der Waals surface area (Å²) < 4.78 is 9.28. The van der Waals surface area contributed by atoms with Gasteiger partial charge in [0.25, 0.3) is 5.91 Å². The monoisotopic (exact) mass is 349 g/mol. The summed E-state index contributed by atoms with van der Waals surface area (Å²) in [6, 6.07) is 15.6. The van der Waals surface area contributed by atoms with Crippen molar-refractivity contribution >= 4 is 34.0 Å². The van der Waals surface area contributed by atoms with Gasteiger partial charge in [0.05, 0.1) is 22.2 Å². The van der Waals surface area contributed by atoms with Crippen molar-refractivity contribution in [1.82, 2.24) is 9.36 Å². The van der Waals surface area contributed by atoms with Crippen LogP contribution in [0.15, 0.2) is 70.0 Å². The number of benzene rings is 2. The van der Waals surface area contributed by atoms with Crippen molar-refractivity contribution in [1.29, 1.82) is 0 Å². The van der Waals surface area contributed by atoms with Gasteiger partial charge in [0, 0.05) is 6.20 Å². The number of aromatic nitrogens is 2. The Morgan fingerprint density at radius 1 is 1.04 bits per heavy atom. The fourth-order valence-corrected chi connectivity index (χ4v) is 2.92. The molecule has 1 N–H and O–H groups in total. The van der Waals surface area contributed by atoms with Gasteiger partial charge in [-0.3, -0.25) is 4.79 Å². The minimum Gasteiger partial charge on any atom is -0.403 e. The number of rotatable bonds is 3. The molecule has 0 fully saturated rings. The van der Waals surface area contributed by atoms with E-state index in [4.69, 9.17) is 4.42 Å². The minimum absolute atomic E-state index is 0.156. The Kier molecular flexibility index (Phi) is 3.83. The van der Waals surface area contributed by atoms with Crippen molar-refractivity contribution < 1.29 is 9.21 Å². The maximum atomic E-state index is 12.3. The zero-order valence-corrected chi connectivity index (χ0v) is 13.6. The van der Waals surface area contributed by atoms with Crippen LogP contribution < -0.4 is 10.9 Å². The lowest BCUT2D eigenvalue weighted by Gasteiger charge is -2.09. The van der Waals surface area contributed by atoms with Crippen molar-refractivity contribution in [3.05, 3.63) is 76.1 Å². The van der Waals surface area contributed by atoms with E-state index in [-0.39, 0.29) is 11.8 Å². The molecule has 25 heavy (non-hydrogen) atoms. The normalized spacial score (nSPS) is 10.7. The van der Waals surface area contributed by atoms with E-state index in [0.29, 0.717) is 27.0 Å². The number of amides is 1. The summed E-state index contributed by atoms with van der Waals surface area (Å²) in [7, 11) is 0. The first-order valence-electron chi connectivity index (χ1n) is 7.44. The fraction of sp³-hybridized carbons (Fsp3) is 0. The molecule has 122 valence electrons. The number of anilines is 1. The Bertz CT molecular complexity index is 1120. The topological polar surface area (TPSA) is 85.1 Å². The van der Waals surface area contributed by atoms with Gasteiger partial charge in [0.1, 0.15) is 4.88 Å². The Hall–Kier alpha value is -3.32. The van der Waals surface area contributed by atoms with Crippen LogP contribution in [-0.2, 0) is 0 Å². The van der Waals surface area contributed by atoms with Crippen LogP contribution in [0.25, 0.3) is 22.4 Å². The molecule has 2 heterocycles. The molecule has 0 unspecified atom stereocenters. The smallest absolute Gasteiger partial charge is 0.347 e. The fourth-order valence-electron chi connectivity index (χ4n) is 2.43. The highest BCUT2D eigenvalue weighted by Crippen LogP contribution is 2.27. The number of fused-ring (bicyclic) bond motifs is 1. The molecule has 1 amide bonds. The summed E-state index contributed by atoms with van der Waals surface area (Å²) in [4.78, 5) is 29.4. The summed E-state index contributed by atoms with van der Waals surface area (Å²) in [5.74, 6) is -0.123. The van der Waals surface area contributed by atoms with Crippen LogP contribution in [0.5, 0.6) is 0 Å². The lowest BCUT2D eigenvalue weighted by Crippen LogP contribution is -2.11. The Morgan fingerprint density at radius 2 is 1.84 bits per heavy atom. The maximum absolute atomic E-state index is 12.3. The molecular formula is C18H11N3O3S. The molecule has 0 radical (unpaired) electrons. The molecule has 0 aliphatic carbocycles. The molecule has 2 aromatic carbocycles. The predicted octanol–water partition coefficient (Wildman–Crippen LogP) is 3.56. The van der Waals surface area contributed by atoms with Crippen LogP contribution in [0.3, 0.4) is 0 Å². The molecule has 4 aromatic rings. The van der Waals surface area contributed by atoms with Gasteiger partial charge in [-0.15, -0.1) is 0 Å². The summed E-state index contributed by atoms with van der Waals surface area (Å²) >= 11 is 1.11. The van der Waals surface area contributed by atoms with Crippen LogP contribution in [0.1, 0.15) is 9.67 Å². The molecule has 0 spiro atoms. The molecule has 0 aliphatic rings. The average molecular weight is 349 g/mol. The summed E-state index contributed by atoms with van der Waals surface area (Å²) in [5, 5.41) is 3.22. The van der Waals surface area contributed by atoms with Gasteiger partial charge in [-0.05, 0) is 41.9 Å². The summed E-state index contributed by atoms with van der Waals surface area (Å²) in [6.45, 7) is 0. The van der Waals surface area contributed by atoms with E-state index < -0.39 is 5.63 Å². The molecule has 6 nitrogen and oxygen atoms in total. The molecule has 0 aliphatic heterocycles. The third-order valence-electron chi connectivity index (χ3n) is 3.60. The van der Waals surface area contributed by atoms with E-state index in [0.717, 1.165) is 11.5 Å². The Balaban J connectivity index is 1.79. The van der Waals surface area contributed by atoms with Gasteiger partial charge in [-0.1, -0.05) is 24.3 Å². The van der Waals surface area contributed by atoms with E-state index in [1.807, 2.05) is 0 Å².